The number of methoxy groups -OCH3 is 1. The van der Waals surface area contributed by atoms with E-state index in [1.165, 1.54) is 19.2 Å². The van der Waals surface area contributed by atoms with Gasteiger partial charge in [-0.3, -0.25) is 4.79 Å². The fourth-order valence-corrected chi connectivity index (χ4v) is 2.55. The summed E-state index contributed by atoms with van der Waals surface area (Å²) < 4.78 is 28.0. The fraction of sp³-hybridized carbons (Fsp3) is 0.500. The van der Waals surface area contributed by atoms with Gasteiger partial charge < -0.3 is 10.1 Å². The SMILES string of the molecule is COc1ccc(CC(=O)NCCC(C)C)cc1S(N)(=O)=O. The van der Waals surface area contributed by atoms with Crippen LogP contribution in [0.1, 0.15) is 25.8 Å². The molecule has 0 aromatic heterocycles. The number of primary sulfonamides is 1. The summed E-state index contributed by atoms with van der Waals surface area (Å²) in [6, 6.07) is 4.52. The zero-order valence-corrected chi connectivity index (χ0v) is 13.4. The van der Waals surface area contributed by atoms with Crippen LogP contribution in [0.15, 0.2) is 23.1 Å². The number of ether oxygens (including phenoxy) is 1. The lowest BCUT2D eigenvalue weighted by Crippen LogP contribution is -2.27. The van der Waals surface area contributed by atoms with Crippen molar-refractivity contribution in [1.29, 1.82) is 0 Å². The molecule has 1 aromatic carbocycles. The van der Waals surface area contributed by atoms with E-state index in [9.17, 15) is 13.2 Å². The molecule has 1 rings (SSSR count). The molecular weight excluding hydrogens is 292 g/mol. The monoisotopic (exact) mass is 314 g/mol. The summed E-state index contributed by atoms with van der Waals surface area (Å²) in [5.74, 6) is 0.530. The first kappa shape index (κ1) is 17.5. The molecule has 0 aliphatic carbocycles. The van der Waals surface area contributed by atoms with Crippen LogP contribution < -0.4 is 15.2 Å². The third-order valence-corrected chi connectivity index (χ3v) is 3.88. The van der Waals surface area contributed by atoms with Crippen molar-refractivity contribution in [2.75, 3.05) is 13.7 Å². The van der Waals surface area contributed by atoms with Gasteiger partial charge in [-0.25, -0.2) is 13.6 Å². The van der Waals surface area contributed by atoms with Gasteiger partial charge in [-0.2, -0.15) is 0 Å². The number of amides is 1. The molecule has 0 fully saturated rings. The highest BCUT2D eigenvalue weighted by Gasteiger charge is 2.16. The number of nitrogens with one attached hydrogen (secondary N) is 1. The van der Waals surface area contributed by atoms with Gasteiger partial charge in [0, 0.05) is 6.54 Å². The Morgan fingerprint density at radius 3 is 2.57 bits per heavy atom. The predicted molar refractivity (Wildman–Crippen MR) is 80.5 cm³/mol. The van der Waals surface area contributed by atoms with Crippen molar-refractivity contribution in [2.24, 2.45) is 11.1 Å². The Hall–Kier alpha value is -1.60. The second-order valence-electron chi connectivity index (χ2n) is 5.24. The Labute approximate surface area is 125 Å². The van der Waals surface area contributed by atoms with Crippen LogP contribution in [0, 0.1) is 5.92 Å². The summed E-state index contributed by atoms with van der Waals surface area (Å²) >= 11 is 0. The topological polar surface area (TPSA) is 98.5 Å². The molecule has 3 N–H and O–H groups in total. The maximum Gasteiger partial charge on any atom is 0.241 e. The highest BCUT2D eigenvalue weighted by atomic mass is 32.2. The van der Waals surface area contributed by atoms with Crippen molar-refractivity contribution >= 4 is 15.9 Å². The first-order chi connectivity index (χ1) is 9.74. The van der Waals surface area contributed by atoms with Crippen LogP contribution in [0.3, 0.4) is 0 Å². The molecule has 1 aromatic rings. The third kappa shape index (κ3) is 5.73. The standard InChI is InChI=1S/C14H22N2O4S/c1-10(2)6-7-16-14(17)9-11-4-5-12(20-3)13(8-11)21(15,18)19/h4-5,8,10H,6-7,9H2,1-3H3,(H,16,17)(H2,15,18,19). The van der Waals surface area contributed by atoms with Gasteiger partial charge in [-0.15, -0.1) is 0 Å². The molecule has 0 bridgehead atoms. The zero-order valence-electron chi connectivity index (χ0n) is 12.5. The van der Waals surface area contributed by atoms with E-state index in [-0.39, 0.29) is 23.0 Å². The Morgan fingerprint density at radius 1 is 1.38 bits per heavy atom. The van der Waals surface area contributed by atoms with Crippen LogP contribution in [0.2, 0.25) is 0 Å². The molecule has 0 saturated carbocycles. The van der Waals surface area contributed by atoms with Gasteiger partial charge in [0.25, 0.3) is 0 Å². The van der Waals surface area contributed by atoms with Crippen LogP contribution in [0.25, 0.3) is 0 Å². The zero-order chi connectivity index (χ0) is 16.0. The van der Waals surface area contributed by atoms with E-state index in [1.54, 1.807) is 6.07 Å². The van der Waals surface area contributed by atoms with Crippen molar-refractivity contribution in [3.05, 3.63) is 23.8 Å². The summed E-state index contributed by atoms with van der Waals surface area (Å²) in [6.07, 6.45) is 1.00. The minimum atomic E-state index is -3.89. The highest BCUT2D eigenvalue weighted by molar-refractivity contribution is 7.89. The smallest absolute Gasteiger partial charge is 0.241 e. The van der Waals surface area contributed by atoms with Crippen molar-refractivity contribution in [2.45, 2.75) is 31.6 Å². The summed E-state index contributed by atoms with van der Waals surface area (Å²) in [5, 5.41) is 7.94. The average Bonchev–Trinajstić information content (AvgIpc) is 2.37. The maximum atomic E-state index is 11.8. The summed E-state index contributed by atoms with van der Waals surface area (Å²) in [4.78, 5) is 11.7. The van der Waals surface area contributed by atoms with Crippen molar-refractivity contribution in [3.8, 4) is 5.75 Å². The number of carbonyl (C=O) groups is 1. The molecule has 0 spiro atoms. The highest BCUT2D eigenvalue weighted by Crippen LogP contribution is 2.23. The van der Waals surface area contributed by atoms with Crippen molar-refractivity contribution in [1.82, 2.24) is 5.32 Å². The first-order valence-electron chi connectivity index (χ1n) is 6.70. The molecule has 0 radical (unpaired) electrons. The van der Waals surface area contributed by atoms with E-state index in [1.807, 2.05) is 0 Å². The lowest BCUT2D eigenvalue weighted by Gasteiger charge is -2.10. The Bertz CT molecular complexity index is 597. The van der Waals surface area contributed by atoms with Crippen molar-refractivity contribution in [3.63, 3.8) is 0 Å². The van der Waals surface area contributed by atoms with Crippen LogP contribution in [0.5, 0.6) is 5.75 Å². The van der Waals surface area contributed by atoms with E-state index in [4.69, 9.17) is 9.88 Å². The molecule has 1 amide bonds. The molecule has 0 atom stereocenters. The first-order valence-corrected chi connectivity index (χ1v) is 8.25. The number of sulfonamides is 1. The Balaban J connectivity index is 2.79. The molecule has 7 heteroatoms. The fourth-order valence-electron chi connectivity index (χ4n) is 1.80. The Morgan fingerprint density at radius 2 is 2.05 bits per heavy atom. The summed E-state index contributed by atoms with van der Waals surface area (Å²) in [7, 11) is -2.53. The Kier molecular flexibility index (Phi) is 6.17. The van der Waals surface area contributed by atoms with E-state index in [0.29, 0.717) is 18.0 Å². The number of rotatable bonds is 7. The van der Waals surface area contributed by atoms with Gasteiger partial charge >= 0.3 is 0 Å². The average molecular weight is 314 g/mol. The lowest BCUT2D eigenvalue weighted by molar-refractivity contribution is -0.120. The molecule has 0 unspecified atom stereocenters. The van der Waals surface area contributed by atoms with Gasteiger partial charge in [0.2, 0.25) is 15.9 Å². The molecule has 6 nitrogen and oxygen atoms in total. The van der Waals surface area contributed by atoms with Gasteiger partial charge in [0.1, 0.15) is 10.6 Å². The van der Waals surface area contributed by atoms with Crippen LogP contribution in [0.4, 0.5) is 0 Å². The summed E-state index contributed by atoms with van der Waals surface area (Å²) in [6.45, 7) is 4.76. The quantitative estimate of drug-likeness (QED) is 0.786. The molecule has 0 heterocycles. The van der Waals surface area contributed by atoms with Crippen LogP contribution in [-0.4, -0.2) is 28.0 Å². The molecule has 118 valence electrons. The molecule has 0 saturated heterocycles. The van der Waals surface area contributed by atoms with E-state index in [0.717, 1.165) is 6.42 Å². The largest absolute Gasteiger partial charge is 0.495 e. The van der Waals surface area contributed by atoms with Gasteiger partial charge in [0.15, 0.2) is 0 Å². The molecular formula is C14H22N2O4S. The molecule has 21 heavy (non-hydrogen) atoms. The van der Waals surface area contributed by atoms with E-state index < -0.39 is 10.0 Å². The normalized spacial score (nSPS) is 11.5. The number of hydrogen-bond donors (Lipinski definition) is 2. The number of benzene rings is 1. The van der Waals surface area contributed by atoms with Gasteiger partial charge in [0.05, 0.1) is 13.5 Å². The minimum absolute atomic E-state index is 0.102. The van der Waals surface area contributed by atoms with Gasteiger partial charge in [-0.1, -0.05) is 19.9 Å². The van der Waals surface area contributed by atoms with E-state index >= 15 is 0 Å². The molecule has 0 aliphatic heterocycles. The summed E-state index contributed by atoms with van der Waals surface area (Å²) in [5.41, 5.74) is 0.571. The number of hydrogen-bond acceptors (Lipinski definition) is 4. The van der Waals surface area contributed by atoms with Crippen molar-refractivity contribution < 1.29 is 17.9 Å². The van der Waals surface area contributed by atoms with E-state index in [2.05, 4.69) is 19.2 Å². The van der Waals surface area contributed by atoms with Gasteiger partial charge in [-0.05, 0) is 30.0 Å². The third-order valence-electron chi connectivity index (χ3n) is 2.94. The second kappa shape index (κ2) is 7.42. The number of nitrogens with two attached hydrogens (primary N) is 1. The van der Waals surface area contributed by atoms with Crippen LogP contribution >= 0.6 is 0 Å². The second-order valence-corrected chi connectivity index (χ2v) is 6.77. The lowest BCUT2D eigenvalue weighted by atomic mass is 10.1. The number of carbonyl (C=O) groups excluding carboxylic acids is 1. The van der Waals surface area contributed by atoms with Crippen LogP contribution in [-0.2, 0) is 21.2 Å². The molecule has 0 aliphatic rings. The predicted octanol–water partition coefficient (Wildman–Crippen LogP) is 1.05. The minimum Gasteiger partial charge on any atom is -0.495 e. The maximum absolute atomic E-state index is 11.8.